The quantitative estimate of drug-likeness (QED) is 0.408. The standard InChI is InChI=1S/C5H12F2N2/c1-8(2)5(6,7)9(3)4/h1-4H3. The minimum atomic E-state index is -2.83. The van der Waals surface area contributed by atoms with E-state index in [0.29, 0.717) is 0 Å². The predicted octanol–water partition coefficient (Wildman–Crippen LogP) is 0.660. The molecule has 9 heavy (non-hydrogen) atoms. The lowest BCUT2D eigenvalue weighted by Crippen LogP contribution is -2.47. The van der Waals surface area contributed by atoms with Crippen LogP contribution in [0, 0.1) is 0 Å². The highest BCUT2D eigenvalue weighted by Crippen LogP contribution is 2.17. The van der Waals surface area contributed by atoms with E-state index in [9.17, 15) is 8.78 Å². The molecule has 0 atom stereocenters. The van der Waals surface area contributed by atoms with Gasteiger partial charge >= 0.3 is 6.17 Å². The smallest absolute Gasteiger partial charge is 0.236 e. The third kappa shape index (κ3) is 1.87. The zero-order valence-corrected chi connectivity index (χ0v) is 6.15. The van der Waals surface area contributed by atoms with Crippen LogP contribution >= 0.6 is 0 Å². The predicted molar refractivity (Wildman–Crippen MR) is 32.3 cm³/mol. The van der Waals surface area contributed by atoms with Crippen LogP contribution in [0.25, 0.3) is 0 Å². The van der Waals surface area contributed by atoms with Crippen LogP contribution in [0.15, 0.2) is 0 Å². The van der Waals surface area contributed by atoms with E-state index in [4.69, 9.17) is 0 Å². The normalized spacial score (nSPS) is 13.3. The van der Waals surface area contributed by atoms with Crippen molar-refractivity contribution in [2.45, 2.75) is 6.17 Å². The number of alkyl halides is 2. The van der Waals surface area contributed by atoms with Gasteiger partial charge in [0.2, 0.25) is 0 Å². The summed E-state index contributed by atoms with van der Waals surface area (Å²) in [6.07, 6.45) is -2.83. The molecule has 0 fully saturated rings. The van der Waals surface area contributed by atoms with Crippen molar-refractivity contribution in [3.05, 3.63) is 0 Å². The summed E-state index contributed by atoms with van der Waals surface area (Å²) in [4.78, 5) is 1.71. The molecule has 0 heterocycles. The van der Waals surface area contributed by atoms with Crippen LogP contribution in [0.1, 0.15) is 0 Å². The highest BCUT2D eigenvalue weighted by atomic mass is 19.3. The molecule has 0 aromatic heterocycles. The van der Waals surface area contributed by atoms with Gasteiger partial charge in [-0.1, -0.05) is 0 Å². The molecular formula is C5H12F2N2. The minimum absolute atomic E-state index is 0.854. The second-order valence-corrected chi connectivity index (χ2v) is 2.30. The van der Waals surface area contributed by atoms with Crippen LogP contribution in [0.5, 0.6) is 0 Å². The first-order valence-electron chi connectivity index (χ1n) is 2.61. The van der Waals surface area contributed by atoms with Gasteiger partial charge in [-0.05, 0) is 28.2 Å². The van der Waals surface area contributed by atoms with Gasteiger partial charge in [0.1, 0.15) is 0 Å². The lowest BCUT2D eigenvalue weighted by molar-refractivity contribution is -0.218. The molecule has 0 aliphatic rings. The Labute approximate surface area is 54.0 Å². The van der Waals surface area contributed by atoms with Crippen molar-refractivity contribution >= 4 is 0 Å². The average Bonchev–Trinajstić information content (AvgIpc) is 1.65. The zero-order chi connectivity index (χ0) is 7.65. The van der Waals surface area contributed by atoms with E-state index in [1.807, 2.05) is 0 Å². The second-order valence-electron chi connectivity index (χ2n) is 2.30. The number of hydrogen-bond donors (Lipinski definition) is 0. The van der Waals surface area contributed by atoms with E-state index in [0.717, 1.165) is 9.80 Å². The molecular weight excluding hydrogens is 126 g/mol. The minimum Gasteiger partial charge on any atom is -0.236 e. The number of hydrogen-bond acceptors (Lipinski definition) is 2. The van der Waals surface area contributed by atoms with Crippen LogP contribution < -0.4 is 0 Å². The first-order valence-corrected chi connectivity index (χ1v) is 2.61. The van der Waals surface area contributed by atoms with E-state index in [1.54, 1.807) is 0 Å². The molecule has 0 spiro atoms. The molecule has 0 aliphatic carbocycles. The molecule has 0 aromatic carbocycles. The monoisotopic (exact) mass is 138 g/mol. The molecule has 0 saturated carbocycles. The molecule has 4 heteroatoms. The summed E-state index contributed by atoms with van der Waals surface area (Å²) in [5.74, 6) is 0. The van der Waals surface area contributed by atoms with Crippen LogP contribution in [0.2, 0.25) is 0 Å². The summed E-state index contributed by atoms with van der Waals surface area (Å²) < 4.78 is 25.0. The summed E-state index contributed by atoms with van der Waals surface area (Å²) in [6.45, 7) is 0. The van der Waals surface area contributed by atoms with E-state index in [2.05, 4.69) is 0 Å². The van der Waals surface area contributed by atoms with Gasteiger partial charge in [0, 0.05) is 0 Å². The highest BCUT2D eigenvalue weighted by molar-refractivity contribution is 4.56. The maximum absolute atomic E-state index is 12.5. The SMILES string of the molecule is CN(C)C(F)(F)N(C)C. The second kappa shape index (κ2) is 2.58. The Morgan fingerprint density at radius 3 is 1.11 bits per heavy atom. The van der Waals surface area contributed by atoms with Gasteiger partial charge in [-0.15, -0.1) is 0 Å². The topological polar surface area (TPSA) is 6.48 Å². The fourth-order valence-electron chi connectivity index (χ4n) is 0.400. The summed E-state index contributed by atoms with van der Waals surface area (Å²) in [5.41, 5.74) is 0. The molecule has 0 radical (unpaired) electrons. The van der Waals surface area contributed by atoms with E-state index >= 15 is 0 Å². The Morgan fingerprint density at radius 2 is 1.11 bits per heavy atom. The third-order valence-corrected chi connectivity index (χ3v) is 1.08. The Morgan fingerprint density at radius 1 is 0.889 bits per heavy atom. The van der Waals surface area contributed by atoms with Crippen molar-refractivity contribution in [2.75, 3.05) is 28.2 Å². The van der Waals surface area contributed by atoms with Crippen LogP contribution in [-0.4, -0.2) is 44.2 Å². The van der Waals surface area contributed by atoms with Gasteiger partial charge in [0.25, 0.3) is 0 Å². The molecule has 2 nitrogen and oxygen atoms in total. The van der Waals surface area contributed by atoms with Gasteiger partial charge < -0.3 is 0 Å². The average molecular weight is 138 g/mol. The van der Waals surface area contributed by atoms with E-state index < -0.39 is 6.17 Å². The van der Waals surface area contributed by atoms with Gasteiger partial charge in [0.15, 0.2) is 0 Å². The van der Waals surface area contributed by atoms with Gasteiger partial charge in [-0.25, -0.2) is 9.80 Å². The van der Waals surface area contributed by atoms with Gasteiger partial charge in [-0.3, -0.25) is 0 Å². The number of halogens is 2. The molecule has 0 aliphatic heterocycles. The van der Waals surface area contributed by atoms with Crippen molar-refractivity contribution in [1.82, 2.24) is 9.80 Å². The van der Waals surface area contributed by atoms with Crippen molar-refractivity contribution in [3.8, 4) is 0 Å². The molecule has 56 valence electrons. The van der Waals surface area contributed by atoms with Crippen molar-refractivity contribution < 1.29 is 8.78 Å². The fourth-order valence-corrected chi connectivity index (χ4v) is 0.400. The maximum atomic E-state index is 12.5. The van der Waals surface area contributed by atoms with Crippen LogP contribution in [0.4, 0.5) is 8.78 Å². The molecule has 0 aromatic rings. The molecule has 0 rings (SSSR count). The van der Waals surface area contributed by atoms with Crippen molar-refractivity contribution in [2.24, 2.45) is 0 Å². The maximum Gasteiger partial charge on any atom is 0.368 e. The summed E-state index contributed by atoms with van der Waals surface area (Å²) in [7, 11) is 5.33. The molecule has 0 saturated heterocycles. The molecule has 0 amide bonds. The number of nitrogens with zero attached hydrogens (tertiary/aromatic N) is 2. The fraction of sp³-hybridized carbons (Fsp3) is 1.00. The largest absolute Gasteiger partial charge is 0.368 e. The van der Waals surface area contributed by atoms with E-state index in [1.165, 1.54) is 28.2 Å². The Balaban J connectivity index is 4.01. The molecule has 0 bridgehead atoms. The zero-order valence-electron chi connectivity index (χ0n) is 6.15. The van der Waals surface area contributed by atoms with Crippen LogP contribution in [0.3, 0.4) is 0 Å². The van der Waals surface area contributed by atoms with Crippen molar-refractivity contribution in [1.29, 1.82) is 0 Å². The van der Waals surface area contributed by atoms with E-state index in [-0.39, 0.29) is 0 Å². The van der Waals surface area contributed by atoms with Gasteiger partial charge in [-0.2, -0.15) is 8.78 Å². The number of rotatable bonds is 2. The lowest BCUT2D eigenvalue weighted by Gasteiger charge is -2.28. The lowest BCUT2D eigenvalue weighted by atomic mass is 10.7. The summed E-state index contributed by atoms with van der Waals surface area (Å²) in [5, 5.41) is 0. The van der Waals surface area contributed by atoms with Crippen LogP contribution in [-0.2, 0) is 0 Å². The summed E-state index contributed by atoms with van der Waals surface area (Å²) in [6, 6.07) is 0. The Bertz CT molecular complexity index is 81.0. The first kappa shape index (κ1) is 8.78. The Kier molecular flexibility index (Phi) is 2.51. The highest BCUT2D eigenvalue weighted by Gasteiger charge is 2.34. The summed E-state index contributed by atoms with van der Waals surface area (Å²) >= 11 is 0. The Hall–Kier alpha value is -0.220. The van der Waals surface area contributed by atoms with Crippen molar-refractivity contribution in [3.63, 3.8) is 0 Å². The molecule has 0 unspecified atom stereocenters. The molecule has 0 N–H and O–H groups in total. The van der Waals surface area contributed by atoms with Gasteiger partial charge in [0.05, 0.1) is 0 Å². The first-order chi connectivity index (χ1) is 3.89. The third-order valence-electron chi connectivity index (χ3n) is 1.08.